The summed E-state index contributed by atoms with van der Waals surface area (Å²) < 4.78 is 0. The molecule has 0 spiro atoms. The standard InChI is InChI=1S/C15H12Cl2O/c16-13-8-5-12(6-9-13)15(18)10-7-11-3-1-2-4-14(11)17/h1-6,8-9H,7,10H2. The van der Waals surface area contributed by atoms with Crippen LogP contribution in [0.4, 0.5) is 0 Å². The topological polar surface area (TPSA) is 17.1 Å². The molecule has 92 valence electrons. The third-order valence-electron chi connectivity index (χ3n) is 2.75. The zero-order valence-corrected chi connectivity index (χ0v) is 11.2. The molecule has 18 heavy (non-hydrogen) atoms. The first-order valence-corrected chi connectivity index (χ1v) is 6.44. The first-order valence-electron chi connectivity index (χ1n) is 5.69. The highest BCUT2D eigenvalue weighted by molar-refractivity contribution is 6.31. The summed E-state index contributed by atoms with van der Waals surface area (Å²) in [6.07, 6.45) is 1.10. The molecule has 2 aromatic rings. The minimum Gasteiger partial charge on any atom is -0.294 e. The van der Waals surface area contributed by atoms with Gasteiger partial charge in [0.25, 0.3) is 0 Å². The van der Waals surface area contributed by atoms with Gasteiger partial charge in [-0.15, -0.1) is 0 Å². The van der Waals surface area contributed by atoms with E-state index in [9.17, 15) is 4.79 Å². The lowest BCUT2D eigenvalue weighted by Crippen LogP contribution is -2.01. The molecule has 0 bridgehead atoms. The third kappa shape index (κ3) is 3.34. The Balaban J connectivity index is 2.01. The molecule has 0 fully saturated rings. The fraction of sp³-hybridized carbons (Fsp3) is 0.133. The largest absolute Gasteiger partial charge is 0.294 e. The monoisotopic (exact) mass is 278 g/mol. The molecular formula is C15H12Cl2O. The lowest BCUT2D eigenvalue weighted by atomic mass is 10.0. The molecule has 0 saturated heterocycles. The van der Waals surface area contributed by atoms with Crippen LogP contribution in [0.5, 0.6) is 0 Å². The van der Waals surface area contributed by atoms with E-state index in [0.717, 1.165) is 5.56 Å². The second-order valence-corrected chi connectivity index (χ2v) is 4.87. The zero-order chi connectivity index (χ0) is 13.0. The molecule has 0 unspecified atom stereocenters. The Morgan fingerprint density at radius 3 is 2.28 bits per heavy atom. The van der Waals surface area contributed by atoms with Gasteiger partial charge in [0.1, 0.15) is 0 Å². The number of benzene rings is 2. The van der Waals surface area contributed by atoms with E-state index >= 15 is 0 Å². The van der Waals surface area contributed by atoms with Crippen LogP contribution >= 0.6 is 23.2 Å². The number of Topliss-reactive ketones (excluding diaryl/α,β-unsaturated/α-hetero) is 1. The number of aryl methyl sites for hydroxylation is 1. The molecule has 0 radical (unpaired) electrons. The van der Waals surface area contributed by atoms with Crippen molar-refractivity contribution >= 4 is 29.0 Å². The lowest BCUT2D eigenvalue weighted by Gasteiger charge is -2.04. The van der Waals surface area contributed by atoms with Gasteiger partial charge in [0.2, 0.25) is 0 Å². The number of hydrogen-bond donors (Lipinski definition) is 0. The summed E-state index contributed by atoms with van der Waals surface area (Å²) in [5, 5.41) is 1.35. The third-order valence-corrected chi connectivity index (χ3v) is 3.37. The molecule has 0 aliphatic carbocycles. The highest BCUT2D eigenvalue weighted by atomic mass is 35.5. The smallest absolute Gasteiger partial charge is 0.163 e. The quantitative estimate of drug-likeness (QED) is 0.734. The van der Waals surface area contributed by atoms with Crippen LogP contribution in [0.2, 0.25) is 10.0 Å². The van der Waals surface area contributed by atoms with E-state index in [1.807, 2.05) is 24.3 Å². The molecule has 2 rings (SSSR count). The SMILES string of the molecule is O=C(CCc1ccccc1Cl)c1ccc(Cl)cc1. The Morgan fingerprint density at radius 2 is 1.61 bits per heavy atom. The first kappa shape index (κ1) is 13.1. The normalized spacial score (nSPS) is 10.3. The van der Waals surface area contributed by atoms with Gasteiger partial charge in [-0.05, 0) is 42.3 Å². The Hall–Kier alpha value is -1.31. The van der Waals surface area contributed by atoms with Crippen LogP contribution in [0.3, 0.4) is 0 Å². The van der Waals surface area contributed by atoms with E-state index in [-0.39, 0.29) is 5.78 Å². The number of rotatable bonds is 4. The van der Waals surface area contributed by atoms with Gasteiger partial charge < -0.3 is 0 Å². The fourth-order valence-electron chi connectivity index (χ4n) is 1.73. The maximum Gasteiger partial charge on any atom is 0.163 e. The summed E-state index contributed by atoms with van der Waals surface area (Å²) in [5.74, 6) is 0.103. The Bertz CT molecular complexity index is 547. The van der Waals surface area contributed by atoms with Crippen molar-refractivity contribution in [1.29, 1.82) is 0 Å². The number of carbonyl (C=O) groups is 1. The van der Waals surface area contributed by atoms with Crippen LogP contribution in [-0.2, 0) is 6.42 Å². The minimum atomic E-state index is 0.103. The van der Waals surface area contributed by atoms with Crippen LogP contribution in [0, 0.1) is 0 Å². The van der Waals surface area contributed by atoms with E-state index in [2.05, 4.69) is 0 Å². The predicted molar refractivity (Wildman–Crippen MR) is 75.6 cm³/mol. The molecule has 0 aliphatic rings. The van der Waals surface area contributed by atoms with Crippen molar-refractivity contribution in [3.8, 4) is 0 Å². The van der Waals surface area contributed by atoms with Crippen molar-refractivity contribution in [2.75, 3.05) is 0 Å². The van der Waals surface area contributed by atoms with Crippen LogP contribution in [0.1, 0.15) is 22.3 Å². The zero-order valence-electron chi connectivity index (χ0n) is 9.70. The fourth-order valence-corrected chi connectivity index (χ4v) is 2.09. The van der Waals surface area contributed by atoms with Crippen LogP contribution < -0.4 is 0 Å². The molecule has 0 amide bonds. The van der Waals surface area contributed by atoms with Crippen LogP contribution in [0.15, 0.2) is 48.5 Å². The van der Waals surface area contributed by atoms with Gasteiger partial charge in [-0.3, -0.25) is 4.79 Å². The molecule has 0 heterocycles. The van der Waals surface area contributed by atoms with Crippen molar-refractivity contribution in [3.05, 3.63) is 69.7 Å². The maximum atomic E-state index is 12.0. The first-order chi connectivity index (χ1) is 8.66. The molecule has 0 atom stereocenters. The number of ketones is 1. The molecule has 2 aromatic carbocycles. The van der Waals surface area contributed by atoms with E-state index in [4.69, 9.17) is 23.2 Å². The second-order valence-electron chi connectivity index (χ2n) is 4.02. The van der Waals surface area contributed by atoms with Gasteiger partial charge >= 0.3 is 0 Å². The van der Waals surface area contributed by atoms with Crippen molar-refractivity contribution < 1.29 is 4.79 Å². The van der Waals surface area contributed by atoms with Gasteiger partial charge in [-0.2, -0.15) is 0 Å². The van der Waals surface area contributed by atoms with Gasteiger partial charge in [-0.1, -0.05) is 41.4 Å². The summed E-state index contributed by atoms with van der Waals surface area (Å²) in [6.45, 7) is 0. The van der Waals surface area contributed by atoms with Gasteiger partial charge in [-0.25, -0.2) is 0 Å². The second kappa shape index (κ2) is 6.03. The summed E-state index contributed by atoms with van der Waals surface area (Å²) in [5.41, 5.74) is 1.69. The Labute approximate surface area is 116 Å². The number of carbonyl (C=O) groups excluding carboxylic acids is 1. The lowest BCUT2D eigenvalue weighted by molar-refractivity contribution is 0.0983. The molecule has 0 N–H and O–H groups in total. The number of halogens is 2. The molecule has 0 aliphatic heterocycles. The summed E-state index contributed by atoms with van der Waals surface area (Å²) >= 11 is 11.8. The van der Waals surface area contributed by atoms with E-state index in [1.54, 1.807) is 24.3 Å². The van der Waals surface area contributed by atoms with E-state index in [1.165, 1.54) is 0 Å². The van der Waals surface area contributed by atoms with Crippen molar-refractivity contribution in [2.45, 2.75) is 12.8 Å². The maximum absolute atomic E-state index is 12.0. The molecule has 0 saturated carbocycles. The van der Waals surface area contributed by atoms with Gasteiger partial charge in [0.15, 0.2) is 5.78 Å². The molecule has 0 aromatic heterocycles. The van der Waals surface area contributed by atoms with Crippen molar-refractivity contribution in [1.82, 2.24) is 0 Å². The summed E-state index contributed by atoms with van der Waals surface area (Å²) in [4.78, 5) is 12.0. The summed E-state index contributed by atoms with van der Waals surface area (Å²) in [6, 6.07) is 14.5. The summed E-state index contributed by atoms with van der Waals surface area (Å²) in [7, 11) is 0. The van der Waals surface area contributed by atoms with E-state index < -0.39 is 0 Å². The van der Waals surface area contributed by atoms with E-state index in [0.29, 0.717) is 28.5 Å². The van der Waals surface area contributed by atoms with Gasteiger partial charge in [0, 0.05) is 22.0 Å². The highest BCUT2D eigenvalue weighted by Gasteiger charge is 2.07. The minimum absolute atomic E-state index is 0.103. The predicted octanol–water partition coefficient (Wildman–Crippen LogP) is 4.81. The molecule has 3 heteroatoms. The molecular weight excluding hydrogens is 267 g/mol. The van der Waals surface area contributed by atoms with Crippen LogP contribution in [-0.4, -0.2) is 5.78 Å². The Kier molecular flexibility index (Phi) is 4.40. The number of hydrogen-bond acceptors (Lipinski definition) is 1. The average molecular weight is 279 g/mol. The highest BCUT2D eigenvalue weighted by Crippen LogP contribution is 2.18. The van der Waals surface area contributed by atoms with Crippen molar-refractivity contribution in [3.63, 3.8) is 0 Å². The average Bonchev–Trinajstić information content (AvgIpc) is 2.38. The van der Waals surface area contributed by atoms with Crippen LogP contribution in [0.25, 0.3) is 0 Å². The molecule has 1 nitrogen and oxygen atoms in total. The Morgan fingerprint density at radius 1 is 0.944 bits per heavy atom. The van der Waals surface area contributed by atoms with Gasteiger partial charge in [0.05, 0.1) is 0 Å². The van der Waals surface area contributed by atoms with Crippen molar-refractivity contribution in [2.24, 2.45) is 0 Å².